The van der Waals surface area contributed by atoms with Gasteiger partial charge in [0, 0.05) is 50.7 Å². The van der Waals surface area contributed by atoms with Crippen LogP contribution in [0.3, 0.4) is 0 Å². The first kappa shape index (κ1) is 18.3. The van der Waals surface area contributed by atoms with E-state index in [0.717, 1.165) is 45.0 Å². The van der Waals surface area contributed by atoms with Crippen LogP contribution in [-0.4, -0.2) is 53.6 Å². The first-order chi connectivity index (χ1) is 12.0. The molecule has 2 saturated heterocycles. The molecule has 25 heavy (non-hydrogen) atoms. The second-order valence-corrected chi connectivity index (χ2v) is 7.48. The summed E-state index contributed by atoms with van der Waals surface area (Å²) in [4.78, 5) is 16.2. The minimum atomic E-state index is -0.542. The molecule has 6 heteroatoms. The number of aliphatic hydroxyl groups is 1. The van der Waals surface area contributed by atoms with E-state index in [1.165, 1.54) is 12.1 Å². The Hall–Kier alpha value is -1.53. The molecule has 1 spiro atoms. The van der Waals surface area contributed by atoms with E-state index in [1.807, 2.05) is 4.90 Å². The van der Waals surface area contributed by atoms with Crippen LogP contribution >= 0.6 is 0 Å². The average Bonchev–Trinajstić information content (AvgIpc) is 2.55. The van der Waals surface area contributed by atoms with E-state index in [0.29, 0.717) is 31.5 Å². The van der Waals surface area contributed by atoms with Gasteiger partial charge in [-0.2, -0.15) is 0 Å². The summed E-state index contributed by atoms with van der Waals surface area (Å²) < 4.78 is 26.8. The summed E-state index contributed by atoms with van der Waals surface area (Å²) in [7, 11) is 0. The van der Waals surface area contributed by atoms with Crippen molar-refractivity contribution in [1.82, 2.24) is 9.80 Å². The number of amides is 1. The molecule has 1 aromatic rings. The van der Waals surface area contributed by atoms with Gasteiger partial charge in [-0.25, -0.2) is 8.78 Å². The molecular formula is C19H26F2N2O2. The second-order valence-electron chi connectivity index (χ2n) is 7.48. The van der Waals surface area contributed by atoms with Crippen LogP contribution in [-0.2, 0) is 11.3 Å². The molecule has 4 nitrogen and oxygen atoms in total. The molecule has 1 unspecified atom stereocenters. The number of carbonyl (C=O) groups is 1. The van der Waals surface area contributed by atoms with Crippen molar-refractivity contribution in [2.45, 2.75) is 38.6 Å². The maximum Gasteiger partial charge on any atom is 0.222 e. The quantitative estimate of drug-likeness (QED) is 0.886. The van der Waals surface area contributed by atoms with Gasteiger partial charge >= 0.3 is 0 Å². The van der Waals surface area contributed by atoms with E-state index in [-0.39, 0.29) is 17.9 Å². The molecule has 0 radical (unpaired) electrons. The maximum atomic E-state index is 13.4. The fourth-order valence-corrected chi connectivity index (χ4v) is 4.31. The summed E-state index contributed by atoms with van der Waals surface area (Å²) in [5.74, 6) is -0.913. The zero-order valence-corrected chi connectivity index (χ0v) is 14.5. The molecule has 1 aromatic carbocycles. The number of halogens is 2. The smallest absolute Gasteiger partial charge is 0.222 e. The van der Waals surface area contributed by atoms with E-state index < -0.39 is 11.6 Å². The minimum absolute atomic E-state index is 0.0630. The van der Waals surface area contributed by atoms with Gasteiger partial charge in [0.1, 0.15) is 11.6 Å². The number of likely N-dealkylation sites (tertiary alicyclic amines) is 2. The molecule has 0 aromatic heterocycles. The van der Waals surface area contributed by atoms with E-state index in [9.17, 15) is 13.6 Å². The number of rotatable bonds is 5. The summed E-state index contributed by atoms with van der Waals surface area (Å²) in [5, 5.41) is 9.03. The van der Waals surface area contributed by atoms with Crippen LogP contribution in [0, 0.1) is 17.0 Å². The lowest BCUT2D eigenvalue weighted by Crippen LogP contribution is -2.54. The highest BCUT2D eigenvalue weighted by Gasteiger charge is 2.41. The van der Waals surface area contributed by atoms with Crippen molar-refractivity contribution in [3.05, 3.63) is 35.4 Å². The Bertz CT molecular complexity index is 605. The van der Waals surface area contributed by atoms with Gasteiger partial charge in [0.2, 0.25) is 5.91 Å². The Morgan fingerprint density at radius 2 is 1.88 bits per heavy atom. The first-order valence-electron chi connectivity index (χ1n) is 9.06. The number of nitrogens with zero attached hydrogens (tertiary/aromatic N) is 2. The molecule has 2 heterocycles. The molecule has 1 atom stereocenters. The molecule has 1 amide bonds. The molecule has 0 aliphatic carbocycles. The lowest BCUT2D eigenvalue weighted by atomic mass is 9.73. The summed E-state index contributed by atoms with van der Waals surface area (Å²) in [6.07, 6.45) is 4.13. The second kappa shape index (κ2) is 7.79. The monoisotopic (exact) mass is 352 g/mol. The molecule has 1 N–H and O–H groups in total. The zero-order valence-electron chi connectivity index (χ0n) is 14.5. The van der Waals surface area contributed by atoms with Crippen molar-refractivity contribution in [1.29, 1.82) is 0 Å². The summed E-state index contributed by atoms with van der Waals surface area (Å²) in [6.45, 7) is 3.69. The van der Waals surface area contributed by atoms with Gasteiger partial charge in [-0.05, 0) is 49.9 Å². The normalized spacial score (nSPS) is 24.9. The largest absolute Gasteiger partial charge is 0.396 e. The van der Waals surface area contributed by atoms with Crippen molar-refractivity contribution in [2.75, 3.05) is 32.8 Å². The average molecular weight is 352 g/mol. The first-order valence-corrected chi connectivity index (χ1v) is 9.06. The molecular weight excluding hydrogens is 326 g/mol. The van der Waals surface area contributed by atoms with E-state index in [1.54, 1.807) is 0 Å². The van der Waals surface area contributed by atoms with Crippen molar-refractivity contribution in [2.24, 2.45) is 5.41 Å². The number of benzene rings is 1. The van der Waals surface area contributed by atoms with Gasteiger partial charge in [-0.1, -0.05) is 0 Å². The van der Waals surface area contributed by atoms with E-state index in [4.69, 9.17) is 5.11 Å². The standard InChI is InChI=1S/C19H26F2N2O2/c20-16-9-15(10-17(21)11-16)12-22-6-1-4-19(13-22)5-3-18(25)23(14-19)7-2-8-24/h9-11,24H,1-8,12-14H2. The third kappa shape index (κ3) is 4.55. The summed E-state index contributed by atoms with van der Waals surface area (Å²) in [6, 6.07) is 3.68. The van der Waals surface area contributed by atoms with Crippen LogP contribution in [0.2, 0.25) is 0 Å². The highest BCUT2D eigenvalue weighted by atomic mass is 19.1. The molecule has 3 rings (SSSR count). The van der Waals surface area contributed by atoms with Crippen LogP contribution < -0.4 is 0 Å². The molecule has 2 aliphatic rings. The highest BCUT2D eigenvalue weighted by molar-refractivity contribution is 5.77. The molecule has 0 saturated carbocycles. The zero-order chi connectivity index (χ0) is 17.9. The van der Waals surface area contributed by atoms with Crippen molar-refractivity contribution in [3.63, 3.8) is 0 Å². The van der Waals surface area contributed by atoms with Gasteiger partial charge in [0.05, 0.1) is 0 Å². The Balaban J connectivity index is 1.66. The van der Waals surface area contributed by atoms with Crippen molar-refractivity contribution in [3.8, 4) is 0 Å². The number of aliphatic hydroxyl groups excluding tert-OH is 1. The predicted molar refractivity (Wildman–Crippen MR) is 90.8 cm³/mol. The minimum Gasteiger partial charge on any atom is -0.396 e. The van der Waals surface area contributed by atoms with Crippen molar-refractivity contribution >= 4 is 5.91 Å². The fourth-order valence-electron chi connectivity index (χ4n) is 4.31. The Morgan fingerprint density at radius 3 is 2.60 bits per heavy atom. The maximum absolute atomic E-state index is 13.4. The Morgan fingerprint density at radius 1 is 1.12 bits per heavy atom. The topological polar surface area (TPSA) is 43.8 Å². The van der Waals surface area contributed by atoms with Gasteiger partial charge in [0.15, 0.2) is 0 Å². The third-order valence-corrected chi connectivity index (χ3v) is 5.40. The molecule has 138 valence electrons. The molecule has 0 bridgehead atoms. The lowest BCUT2D eigenvalue weighted by Gasteiger charge is -2.48. The number of hydrogen-bond donors (Lipinski definition) is 1. The fraction of sp³-hybridized carbons (Fsp3) is 0.632. The summed E-state index contributed by atoms with van der Waals surface area (Å²) in [5.41, 5.74) is 0.714. The van der Waals surface area contributed by atoms with Crippen LogP contribution in [0.4, 0.5) is 8.78 Å². The van der Waals surface area contributed by atoms with Gasteiger partial charge in [-0.3, -0.25) is 9.69 Å². The van der Waals surface area contributed by atoms with Gasteiger partial charge < -0.3 is 10.0 Å². The van der Waals surface area contributed by atoms with Crippen LogP contribution in [0.5, 0.6) is 0 Å². The van der Waals surface area contributed by atoms with Crippen LogP contribution in [0.15, 0.2) is 18.2 Å². The van der Waals surface area contributed by atoms with Gasteiger partial charge in [-0.15, -0.1) is 0 Å². The van der Waals surface area contributed by atoms with E-state index >= 15 is 0 Å². The number of carbonyl (C=O) groups excluding carboxylic acids is 1. The highest BCUT2D eigenvalue weighted by Crippen LogP contribution is 2.39. The summed E-state index contributed by atoms with van der Waals surface area (Å²) >= 11 is 0. The SMILES string of the molecule is O=C1CCC2(CCCN(Cc3cc(F)cc(F)c3)C2)CN1CCCO. The third-order valence-electron chi connectivity index (χ3n) is 5.40. The van der Waals surface area contributed by atoms with Crippen LogP contribution in [0.25, 0.3) is 0 Å². The Kier molecular flexibility index (Phi) is 5.69. The predicted octanol–water partition coefficient (Wildman–Crippen LogP) is 2.55. The van der Waals surface area contributed by atoms with E-state index in [2.05, 4.69) is 4.90 Å². The Labute approximate surface area is 147 Å². The molecule has 2 aliphatic heterocycles. The molecule has 2 fully saturated rings. The van der Waals surface area contributed by atoms with Crippen LogP contribution in [0.1, 0.15) is 37.7 Å². The van der Waals surface area contributed by atoms with Crippen molar-refractivity contribution < 1.29 is 18.7 Å². The number of piperidine rings is 2. The lowest BCUT2D eigenvalue weighted by molar-refractivity contribution is -0.139. The van der Waals surface area contributed by atoms with Gasteiger partial charge in [0.25, 0.3) is 0 Å². The number of hydrogen-bond acceptors (Lipinski definition) is 3.